The van der Waals surface area contributed by atoms with Crippen LogP contribution in [0, 0.1) is 0 Å². The van der Waals surface area contributed by atoms with E-state index in [0.29, 0.717) is 26.2 Å². The molecule has 1 aromatic carbocycles. The fraction of sp³-hybridized carbons (Fsp3) is 0.600. The van der Waals surface area contributed by atoms with Crippen LogP contribution in [-0.2, 0) is 6.18 Å². The topological polar surface area (TPSA) is 24.5 Å². The van der Waals surface area contributed by atoms with Crippen molar-refractivity contribution in [1.82, 2.24) is 10.2 Å². The summed E-state index contributed by atoms with van der Waals surface area (Å²) in [5.74, 6) is 0.0178. The van der Waals surface area contributed by atoms with Crippen molar-refractivity contribution in [3.05, 3.63) is 29.3 Å². The van der Waals surface area contributed by atoms with Crippen molar-refractivity contribution in [2.75, 3.05) is 33.3 Å². The Balaban J connectivity index is 0.00000288. The van der Waals surface area contributed by atoms with Crippen LogP contribution >= 0.6 is 12.4 Å². The van der Waals surface area contributed by atoms with E-state index in [1.807, 2.05) is 0 Å². The summed E-state index contributed by atoms with van der Waals surface area (Å²) in [4.78, 5) is 1.79. The van der Waals surface area contributed by atoms with Gasteiger partial charge in [-0.05, 0) is 23.8 Å². The van der Waals surface area contributed by atoms with Crippen LogP contribution in [0.4, 0.5) is 22.0 Å². The van der Waals surface area contributed by atoms with Crippen LogP contribution in [0.1, 0.15) is 23.6 Å². The normalized spacial score (nSPS) is 17.5. The number of hydrogen-bond donors (Lipinski definition) is 1. The Hall–Kier alpha value is -1.12. The van der Waals surface area contributed by atoms with Crippen LogP contribution in [0.15, 0.2) is 18.2 Å². The molecule has 0 unspecified atom stereocenters. The highest BCUT2D eigenvalue weighted by molar-refractivity contribution is 5.85. The van der Waals surface area contributed by atoms with E-state index in [2.05, 4.69) is 5.32 Å². The van der Waals surface area contributed by atoms with Crippen molar-refractivity contribution in [2.24, 2.45) is 0 Å². The average Bonchev–Trinajstić information content (AvgIpc) is 2.52. The number of methoxy groups -OCH3 is 1. The van der Waals surface area contributed by atoms with Crippen LogP contribution in [0.25, 0.3) is 0 Å². The third-order valence-corrected chi connectivity index (χ3v) is 3.87. The summed E-state index contributed by atoms with van der Waals surface area (Å²) in [5, 5.41) is 3.10. The number of nitrogens with one attached hydrogen (secondary N) is 1. The van der Waals surface area contributed by atoms with Gasteiger partial charge in [0.2, 0.25) is 6.43 Å². The SMILES string of the molecule is COc1cc([C@H](CC(F)F)N2CCNCC2)cc(C(F)(F)F)c1.Cl. The maximum absolute atomic E-state index is 13.0. The van der Waals surface area contributed by atoms with Gasteiger partial charge in [0.05, 0.1) is 12.7 Å². The van der Waals surface area contributed by atoms with Crippen LogP contribution in [0.2, 0.25) is 0 Å². The molecule has 1 fully saturated rings. The van der Waals surface area contributed by atoms with Gasteiger partial charge in [0.1, 0.15) is 5.75 Å². The van der Waals surface area contributed by atoms with E-state index in [1.54, 1.807) is 4.90 Å². The summed E-state index contributed by atoms with van der Waals surface area (Å²) in [5.41, 5.74) is -0.680. The number of hydrogen-bond acceptors (Lipinski definition) is 3. The molecule has 3 nitrogen and oxygen atoms in total. The van der Waals surface area contributed by atoms with Crippen LogP contribution in [-0.4, -0.2) is 44.6 Å². The number of rotatable bonds is 5. The maximum atomic E-state index is 13.0. The monoisotopic (exact) mass is 374 g/mol. The zero-order valence-electron chi connectivity index (χ0n) is 13.1. The van der Waals surface area contributed by atoms with Gasteiger partial charge in [-0.25, -0.2) is 8.78 Å². The summed E-state index contributed by atoms with van der Waals surface area (Å²) in [6, 6.07) is 2.45. The molecule has 1 saturated heterocycles. The Kier molecular flexibility index (Phi) is 7.69. The number of alkyl halides is 5. The van der Waals surface area contributed by atoms with E-state index in [0.717, 1.165) is 12.1 Å². The van der Waals surface area contributed by atoms with E-state index >= 15 is 0 Å². The highest BCUT2D eigenvalue weighted by Crippen LogP contribution is 2.37. The Morgan fingerprint density at radius 2 is 1.79 bits per heavy atom. The van der Waals surface area contributed by atoms with Gasteiger partial charge in [0.25, 0.3) is 0 Å². The van der Waals surface area contributed by atoms with Gasteiger partial charge in [0, 0.05) is 38.6 Å². The third kappa shape index (κ3) is 5.46. The lowest BCUT2D eigenvalue weighted by Crippen LogP contribution is -2.45. The zero-order valence-corrected chi connectivity index (χ0v) is 13.9. The molecular weight excluding hydrogens is 355 g/mol. The zero-order chi connectivity index (χ0) is 17.0. The third-order valence-electron chi connectivity index (χ3n) is 3.87. The van der Waals surface area contributed by atoms with Crippen LogP contribution < -0.4 is 10.1 Å². The van der Waals surface area contributed by atoms with Crippen molar-refractivity contribution >= 4 is 12.4 Å². The first-order valence-corrected chi connectivity index (χ1v) is 7.30. The van der Waals surface area contributed by atoms with Gasteiger partial charge in [-0.3, -0.25) is 4.90 Å². The van der Waals surface area contributed by atoms with E-state index in [4.69, 9.17) is 4.74 Å². The predicted octanol–water partition coefficient (Wildman–Crippen LogP) is 3.74. The molecule has 0 bridgehead atoms. The minimum atomic E-state index is -4.55. The van der Waals surface area contributed by atoms with Gasteiger partial charge >= 0.3 is 6.18 Å². The Morgan fingerprint density at radius 3 is 2.29 bits per heavy atom. The Morgan fingerprint density at radius 1 is 1.17 bits per heavy atom. The standard InChI is InChI=1S/C15H19F5N2O.ClH/c1-23-12-7-10(6-11(8-12)15(18,19)20)13(9-14(16)17)22-4-2-21-3-5-22;/h6-8,13-14,21H,2-5,9H2,1H3;1H/t13-;/m0./s1. The lowest BCUT2D eigenvalue weighted by molar-refractivity contribution is -0.137. The molecule has 0 saturated carbocycles. The summed E-state index contributed by atoms with van der Waals surface area (Å²) < 4.78 is 69.9. The highest BCUT2D eigenvalue weighted by atomic mass is 35.5. The first-order valence-electron chi connectivity index (χ1n) is 7.30. The second kappa shape index (κ2) is 8.82. The molecule has 0 spiro atoms. The van der Waals surface area contributed by atoms with Crippen molar-refractivity contribution in [1.29, 1.82) is 0 Å². The molecule has 1 heterocycles. The summed E-state index contributed by atoms with van der Waals surface area (Å²) in [6.45, 7) is 2.26. The van der Waals surface area contributed by atoms with Crippen molar-refractivity contribution in [2.45, 2.75) is 25.1 Å². The molecule has 1 aliphatic heterocycles. The average molecular weight is 375 g/mol. The van der Waals surface area contributed by atoms with E-state index in [1.165, 1.54) is 13.2 Å². The quantitative estimate of drug-likeness (QED) is 0.795. The first-order chi connectivity index (χ1) is 10.8. The smallest absolute Gasteiger partial charge is 0.416 e. The predicted molar refractivity (Wildman–Crippen MR) is 83.0 cm³/mol. The Bertz CT molecular complexity index is 521. The van der Waals surface area contributed by atoms with Crippen molar-refractivity contribution in [3.63, 3.8) is 0 Å². The second-order valence-corrected chi connectivity index (χ2v) is 5.42. The fourth-order valence-corrected chi connectivity index (χ4v) is 2.75. The number of piperazine rings is 1. The highest BCUT2D eigenvalue weighted by Gasteiger charge is 2.33. The Labute approximate surface area is 143 Å². The summed E-state index contributed by atoms with van der Waals surface area (Å²) >= 11 is 0. The molecule has 0 aromatic heterocycles. The van der Waals surface area contributed by atoms with Crippen molar-refractivity contribution in [3.8, 4) is 5.75 Å². The molecule has 1 N–H and O–H groups in total. The van der Waals surface area contributed by atoms with Crippen LogP contribution in [0.5, 0.6) is 5.75 Å². The van der Waals surface area contributed by atoms with Gasteiger partial charge < -0.3 is 10.1 Å². The first kappa shape index (κ1) is 20.9. The van der Waals surface area contributed by atoms with Gasteiger partial charge in [-0.15, -0.1) is 12.4 Å². The van der Waals surface area contributed by atoms with Crippen molar-refractivity contribution < 1.29 is 26.7 Å². The molecule has 1 aliphatic rings. The van der Waals surface area contributed by atoms with E-state index in [-0.39, 0.29) is 23.7 Å². The second-order valence-electron chi connectivity index (χ2n) is 5.42. The number of ether oxygens (including phenoxy) is 1. The molecule has 24 heavy (non-hydrogen) atoms. The van der Waals surface area contributed by atoms with Gasteiger partial charge in [0.15, 0.2) is 0 Å². The number of halogens is 6. The molecular formula is C15H20ClF5N2O. The van der Waals surface area contributed by atoms with E-state index in [9.17, 15) is 22.0 Å². The van der Waals surface area contributed by atoms with Gasteiger partial charge in [-0.1, -0.05) is 0 Å². The minimum absolute atomic E-state index is 0. The molecule has 1 atom stereocenters. The number of benzene rings is 1. The summed E-state index contributed by atoms with van der Waals surface area (Å²) in [7, 11) is 1.26. The largest absolute Gasteiger partial charge is 0.497 e. The van der Waals surface area contributed by atoms with Gasteiger partial charge in [-0.2, -0.15) is 13.2 Å². The lowest BCUT2D eigenvalue weighted by Gasteiger charge is -2.35. The molecule has 0 amide bonds. The summed E-state index contributed by atoms with van der Waals surface area (Å²) in [6.07, 6.45) is -7.66. The molecule has 138 valence electrons. The lowest BCUT2D eigenvalue weighted by atomic mass is 9.98. The molecule has 9 heteroatoms. The van der Waals surface area contributed by atoms with Crippen LogP contribution in [0.3, 0.4) is 0 Å². The molecule has 2 rings (SSSR count). The number of nitrogens with zero attached hydrogens (tertiary/aromatic N) is 1. The maximum Gasteiger partial charge on any atom is 0.416 e. The molecule has 1 aromatic rings. The minimum Gasteiger partial charge on any atom is -0.497 e. The molecule has 0 radical (unpaired) electrons. The van der Waals surface area contributed by atoms with E-state index < -0.39 is 30.6 Å². The fourth-order valence-electron chi connectivity index (χ4n) is 2.75. The molecule has 0 aliphatic carbocycles.